The molecule has 3 aromatic rings. The largest absolute Gasteiger partial charge is 0.241 e. The van der Waals surface area contributed by atoms with E-state index in [0.717, 1.165) is 17.5 Å². The van der Waals surface area contributed by atoms with Crippen molar-refractivity contribution in [3.63, 3.8) is 0 Å². The molecular weight excluding hydrogens is 378 g/mol. The highest BCUT2D eigenvalue weighted by atomic mass is 32.2. The molecule has 1 unspecified atom stereocenters. The number of sulfonamides is 1. The standard InChI is InChI=1S/C25H27NO2S/c1-19-15-17-23(18-16-19)29(27,28)26-25(22-11-5-4-6-12-22)14-8-13-24-20(2)9-7-10-21(24)3/h4-12,14-18,25-26H,13H2,1-3H3/b14-8+. The maximum atomic E-state index is 12.9. The number of aryl methyl sites for hydroxylation is 3. The molecule has 0 aliphatic rings. The summed E-state index contributed by atoms with van der Waals surface area (Å²) in [5.41, 5.74) is 5.69. The average molecular weight is 406 g/mol. The van der Waals surface area contributed by atoms with Crippen molar-refractivity contribution in [3.05, 3.63) is 113 Å². The average Bonchev–Trinajstić information content (AvgIpc) is 2.70. The molecular formula is C25H27NO2S. The van der Waals surface area contributed by atoms with Crippen molar-refractivity contribution in [3.8, 4) is 0 Å². The van der Waals surface area contributed by atoms with E-state index in [2.05, 4.69) is 36.8 Å². The Morgan fingerprint density at radius 1 is 0.828 bits per heavy atom. The van der Waals surface area contributed by atoms with Gasteiger partial charge in [0.25, 0.3) is 0 Å². The van der Waals surface area contributed by atoms with Crippen LogP contribution in [0.25, 0.3) is 0 Å². The molecule has 29 heavy (non-hydrogen) atoms. The van der Waals surface area contributed by atoms with Crippen LogP contribution >= 0.6 is 0 Å². The molecule has 0 saturated carbocycles. The molecule has 3 nitrogen and oxygen atoms in total. The van der Waals surface area contributed by atoms with E-state index < -0.39 is 16.1 Å². The lowest BCUT2D eigenvalue weighted by Crippen LogP contribution is -2.27. The zero-order valence-corrected chi connectivity index (χ0v) is 17.9. The molecule has 4 heteroatoms. The van der Waals surface area contributed by atoms with Crippen molar-refractivity contribution in [1.29, 1.82) is 0 Å². The van der Waals surface area contributed by atoms with E-state index >= 15 is 0 Å². The highest BCUT2D eigenvalue weighted by molar-refractivity contribution is 7.89. The Kier molecular flexibility index (Phi) is 6.68. The number of hydrogen-bond acceptors (Lipinski definition) is 2. The number of nitrogens with one attached hydrogen (secondary N) is 1. The monoisotopic (exact) mass is 405 g/mol. The summed E-state index contributed by atoms with van der Waals surface area (Å²) >= 11 is 0. The minimum Gasteiger partial charge on any atom is -0.207 e. The molecule has 0 fully saturated rings. The van der Waals surface area contributed by atoms with E-state index in [9.17, 15) is 8.42 Å². The van der Waals surface area contributed by atoms with Crippen molar-refractivity contribution < 1.29 is 8.42 Å². The SMILES string of the molecule is Cc1ccc(S(=O)(=O)NC(/C=C/Cc2c(C)cccc2C)c2ccccc2)cc1. The lowest BCUT2D eigenvalue weighted by Gasteiger charge is -2.16. The van der Waals surface area contributed by atoms with Gasteiger partial charge in [-0.3, -0.25) is 0 Å². The van der Waals surface area contributed by atoms with E-state index in [4.69, 9.17) is 0 Å². The molecule has 150 valence electrons. The first-order valence-electron chi connectivity index (χ1n) is 9.72. The second-order valence-corrected chi connectivity index (χ2v) is 9.04. The molecule has 0 saturated heterocycles. The number of benzene rings is 3. The number of allylic oxidation sites excluding steroid dienone is 1. The highest BCUT2D eigenvalue weighted by Gasteiger charge is 2.19. The maximum Gasteiger partial charge on any atom is 0.241 e. The van der Waals surface area contributed by atoms with Gasteiger partial charge in [-0.1, -0.05) is 78.4 Å². The van der Waals surface area contributed by atoms with Gasteiger partial charge in [-0.2, -0.15) is 4.72 Å². The van der Waals surface area contributed by atoms with Crippen LogP contribution in [0.4, 0.5) is 0 Å². The van der Waals surface area contributed by atoms with Crippen LogP contribution in [0.3, 0.4) is 0 Å². The van der Waals surface area contributed by atoms with Gasteiger partial charge in [0.1, 0.15) is 0 Å². The van der Waals surface area contributed by atoms with Gasteiger partial charge in [0.15, 0.2) is 0 Å². The van der Waals surface area contributed by atoms with E-state index in [-0.39, 0.29) is 4.90 Å². The van der Waals surface area contributed by atoms with Gasteiger partial charge >= 0.3 is 0 Å². The van der Waals surface area contributed by atoms with Crippen molar-refractivity contribution in [2.45, 2.75) is 38.1 Å². The van der Waals surface area contributed by atoms with Crippen LogP contribution in [0, 0.1) is 20.8 Å². The second kappa shape index (κ2) is 9.21. The third-order valence-electron chi connectivity index (χ3n) is 5.07. The van der Waals surface area contributed by atoms with Crippen molar-refractivity contribution >= 4 is 10.0 Å². The highest BCUT2D eigenvalue weighted by Crippen LogP contribution is 2.20. The van der Waals surface area contributed by atoms with Crippen LogP contribution in [-0.2, 0) is 16.4 Å². The first kappa shape index (κ1) is 21.0. The molecule has 3 aromatic carbocycles. The first-order valence-corrected chi connectivity index (χ1v) is 11.2. The molecule has 0 spiro atoms. The lowest BCUT2D eigenvalue weighted by atomic mass is 9.99. The lowest BCUT2D eigenvalue weighted by molar-refractivity contribution is 0.574. The molecule has 0 radical (unpaired) electrons. The van der Waals surface area contributed by atoms with Crippen LogP contribution in [0.1, 0.15) is 33.9 Å². The molecule has 1 atom stereocenters. The van der Waals surface area contributed by atoms with Crippen molar-refractivity contribution in [2.75, 3.05) is 0 Å². The van der Waals surface area contributed by atoms with Gasteiger partial charge in [-0.25, -0.2) is 8.42 Å². The van der Waals surface area contributed by atoms with E-state index in [1.807, 2.05) is 61.5 Å². The zero-order chi connectivity index (χ0) is 20.9. The molecule has 0 aliphatic heterocycles. The summed E-state index contributed by atoms with van der Waals surface area (Å²) in [5, 5.41) is 0. The van der Waals surface area contributed by atoms with Gasteiger partial charge in [0, 0.05) is 0 Å². The summed E-state index contributed by atoms with van der Waals surface area (Å²) in [6.45, 7) is 6.14. The molecule has 3 rings (SSSR count). The van der Waals surface area contributed by atoms with Crippen LogP contribution in [0.2, 0.25) is 0 Å². The fraction of sp³-hybridized carbons (Fsp3) is 0.200. The predicted molar refractivity (Wildman–Crippen MR) is 119 cm³/mol. The van der Waals surface area contributed by atoms with Gasteiger partial charge in [0.2, 0.25) is 10.0 Å². The van der Waals surface area contributed by atoms with Crippen LogP contribution < -0.4 is 4.72 Å². The quantitative estimate of drug-likeness (QED) is 0.533. The summed E-state index contributed by atoms with van der Waals surface area (Å²) in [5.74, 6) is 0. The molecule has 0 amide bonds. The minimum atomic E-state index is -3.64. The Hall–Kier alpha value is -2.69. The van der Waals surface area contributed by atoms with Crippen LogP contribution in [-0.4, -0.2) is 8.42 Å². The van der Waals surface area contributed by atoms with Gasteiger partial charge in [-0.05, 0) is 61.6 Å². The third-order valence-corrected chi connectivity index (χ3v) is 6.52. The summed E-state index contributed by atoms with van der Waals surface area (Å²) in [6, 6.07) is 22.4. The summed E-state index contributed by atoms with van der Waals surface area (Å²) in [6.07, 6.45) is 4.74. The van der Waals surface area contributed by atoms with Gasteiger partial charge < -0.3 is 0 Å². The summed E-state index contributed by atoms with van der Waals surface area (Å²) in [4.78, 5) is 0.271. The fourth-order valence-corrected chi connectivity index (χ4v) is 4.50. The number of hydrogen-bond donors (Lipinski definition) is 1. The Labute approximate surface area is 174 Å². The van der Waals surface area contributed by atoms with Crippen molar-refractivity contribution in [1.82, 2.24) is 4.72 Å². The molecule has 0 bridgehead atoms. The summed E-state index contributed by atoms with van der Waals surface area (Å²) in [7, 11) is -3.64. The second-order valence-electron chi connectivity index (χ2n) is 7.33. The molecule has 0 aromatic heterocycles. The van der Waals surface area contributed by atoms with Crippen LogP contribution in [0.5, 0.6) is 0 Å². The number of rotatable bonds is 7. The molecule has 1 N–H and O–H groups in total. The predicted octanol–water partition coefficient (Wildman–Crippen LogP) is 5.43. The van der Waals surface area contributed by atoms with E-state index in [1.165, 1.54) is 16.7 Å². The normalized spacial score (nSPS) is 12.9. The first-order chi connectivity index (χ1) is 13.9. The Morgan fingerprint density at radius 3 is 2.07 bits per heavy atom. The van der Waals surface area contributed by atoms with E-state index in [1.54, 1.807) is 12.1 Å². The van der Waals surface area contributed by atoms with Gasteiger partial charge in [-0.15, -0.1) is 0 Å². The minimum absolute atomic E-state index is 0.271. The molecule has 0 aliphatic carbocycles. The fourth-order valence-electron chi connectivity index (χ4n) is 3.32. The smallest absolute Gasteiger partial charge is 0.207 e. The van der Waals surface area contributed by atoms with Gasteiger partial charge in [0.05, 0.1) is 10.9 Å². The third kappa shape index (κ3) is 5.43. The Morgan fingerprint density at radius 2 is 1.45 bits per heavy atom. The zero-order valence-electron chi connectivity index (χ0n) is 17.1. The van der Waals surface area contributed by atoms with Crippen molar-refractivity contribution in [2.24, 2.45) is 0 Å². The Bertz CT molecular complexity index is 1070. The summed E-state index contributed by atoms with van der Waals surface area (Å²) < 4.78 is 28.7. The van der Waals surface area contributed by atoms with E-state index in [0.29, 0.717) is 0 Å². The topological polar surface area (TPSA) is 46.2 Å². The molecule has 0 heterocycles. The van der Waals surface area contributed by atoms with Crippen LogP contribution in [0.15, 0.2) is 89.8 Å². The maximum absolute atomic E-state index is 12.9. The Balaban J connectivity index is 1.86.